The van der Waals surface area contributed by atoms with E-state index in [1.807, 2.05) is 0 Å². The number of esters is 1. The average molecular weight is 171 g/mol. The summed E-state index contributed by atoms with van der Waals surface area (Å²) in [6, 6.07) is -0.0741. The summed E-state index contributed by atoms with van der Waals surface area (Å²) in [7, 11) is 1.44. The highest BCUT2D eigenvalue weighted by Crippen LogP contribution is 2.24. The summed E-state index contributed by atoms with van der Waals surface area (Å²) >= 11 is 0. The molecule has 0 amide bonds. The molecular weight excluding hydrogens is 154 g/mol. The maximum absolute atomic E-state index is 11.2. The first-order chi connectivity index (χ1) is 5.66. The van der Waals surface area contributed by atoms with Gasteiger partial charge in [0.25, 0.3) is 0 Å². The molecule has 1 saturated heterocycles. The van der Waals surface area contributed by atoms with Crippen molar-refractivity contribution in [2.45, 2.75) is 26.3 Å². The second-order valence-electron chi connectivity index (χ2n) is 3.65. The van der Waals surface area contributed by atoms with Crippen LogP contribution in [0.25, 0.3) is 0 Å². The van der Waals surface area contributed by atoms with Crippen molar-refractivity contribution in [1.82, 2.24) is 5.32 Å². The van der Waals surface area contributed by atoms with Crippen molar-refractivity contribution in [3.05, 3.63) is 0 Å². The fraction of sp³-hybridized carbons (Fsp3) is 0.889. The Morgan fingerprint density at radius 2 is 2.25 bits per heavy atom. The van der Waals surface area contributed by atoms with E-state index in [4.69, 9.17) is 4.74 Å². The monoisotopic (exact) mass is 171 g/mol. The Bertz CT molecular complexity index is 168. The van der Waals surface area contributed by atoms with E-state index in [1.165, 1.54) is 7.11 Å². The third-order valence-corrected chi connectivity index (χ3v) is 2.58. The third-order valence-electron chi connectivity index (χ3n) is 2.58. The van der Waals surface area contributed by atoms with Crippen molar-refractivity contribution in [2.24, 2.45) is 11.8 Å². The van der Waals surface area contributed by atoms with Crippen LogP contribution >= 0.6 is 0 Å². The van der Waals surface area contributed by atoms with Crippen molar-refractivity contribution < 1.29 is 9.53 Å². The van der Waals surface area contributed by atoms with Crippen molar-refractivity contribution in [3.63, 3.8) is 0 Å². The molecular formula is C9H17NO2. The van der Waals surface area contributed by atoms with Gasteiger partial charge in [0.2, 0.25) is 0 Å². The van der Waals surface area contributed by atoms with E-state index in [2.05, 4.69) is 19.2 Å². The zero-order chi connectivity index (χ0) is 9.14. The van der Waals surface area contributed by atoms with E-state index in [9.17, 15) is 4.79 Å². The Hall–Kier alpha value is -0.570. The molecule has 1 fully saturated rings. The molecule has 1 aliphatic rings. The van der Waals surface area contributed by atoms with Gasteiger partial charge in [-0.15, -0.1) is 0 Å². The number of nitrogens with one attached hydrogen (secondary N) is 1. The Morgan fingerprint density at radius 1 is 1.58 bits per heavy atom. The van der Waals surface area contributed by atoms with Crippen molar-refractivity contribution in [2.75, 3.05) is 13.7 Å². The SMILES string of the molecule is COC(=O)[C@H]1NCC[C@@H]1C(C)C. The molecule has 3 heteroatoms. The highest BCUT2D eigenvalue weighted by Gasteiger charge is 2.34. The molecule has 1 rings (SSSR count). The Kier molecular flexibility index (Phi) is 3.09. The molecule has 2 atom stereocenters. The summed E-state index contributed by atoms with van der Waals surface area (Å²) < 4.78 is 4.71. The fourth-order valence-corrected chi connectivity index (χ4v) is 1.83. The minimum atomic E-state index is -0.119. The third kappa shape index (κ3) is 1.78. The summed E-state index contributed by atoms with van der Waals surface area (Å²) in [6.07, 6.45) is 1.08. The lowest BCUT2D eigenvalue weighted by atomic mass is 9.89. The van der Waals surface area contributed by atoms with Gasteiger partial charge in [-0.1, -0.05) is 13.8 Å². The van der Waals surface area contributed by atoms with Gasteiger partial charge in [-0.2, -0.15) is 0 Å². The van der Waals surface area contributed by atoms with Gasteiger partial charge in [0.1, 0.15) is 6.04 Å². The zero-order valence-electron chi connectivity index (χ0n) is 7.96. The Morgan fingerprint density at radius 3 is 2.75 bits per heavy atom. The molecule has 0 saturated carbocycles. The molecule has 1 N–H and O–H groups in total. The smallest absolute Gasteiger partial charge is 0.323 e. The molecule has 0 bridgehead atoms. The van der Waals surface area contributed by atoms with Crippen molar-refractivity contribution in [1.29, 1.82) is 0 Å². The molecule has 0 radical (unpaired) electrons. The quantitative estimate of drug-likeness (QED) is 0.624. The fourth-order valence-electron chi connectivity index (χ4n) is 1.83. The van der Waals surface area contributed by atoms with Crippen LogP contribution in [0.3, 0.4) is 0 Å². The lowest BCUT2D eigenvalue weighted by molar-refractivity contribution is -0.144. The molecule has 0 spiro atoms. The van der Waals surface area contributed by atoms with Gasteiger partial charge in [-0.25, -0.2) is 0 Å². The van der Waals surface area contributed by atoms with Crippen LogP contribution in [0.5, 0.6) is 0 Å². The highest BCUT2D eigenvalue weighted by molar-refractivity contribution is 5.76. The Balaban J connectivity index is 2.57. The van der Waals surface area contributed by atoms with Crippen molar-refractivity contribution in [3.8, 4) is 0 Å². The molecule has 0 aliphatic carbocycles. The summed E-state index contributed by atoms with van der Waals surface area (Å²) in [4.78, 5) is 11.2. The largest absolute Gasteiger partial charge is 0.468 e. The number of ether oxygens (including phenoxy) is 1. The van der Waals surface area contributed by atoms with Gasteiger partial charge in [0, 0.05) is 0 Å². The zero-order valence-corrected chi connectivity index (χ0v) is 7.96. The lowest BCUT2D eigenvalue weighted by Crippen LogP contribution is -2.38. The van der Waals surface area contributed by atoms with Crippen LogP contribution in [-0.4, -0.2) is 25.7 Å². The van der Waals surface area contributed by atoms with Crippen LogP contribution < -0.4 is 5.32 Å². The van der Waals surface area contributed by atoms with E-state index >= 15 is 0 Å². The van der Waals surface area contributed by atoms with E-state index in [1.54, 1.807) is 0 Å². The van der Waals surface area contributed by atoms with Gasteiger partial charge in [0.15, 0.2) is 0 Å². The molecule has 0 unspecified atom stereocenters. The standard InChI is InChI=1S/C9H17NO2/c1-6(2)7-4-5-10-8(7)9(11)12-3/h6-8,10H,4-5H2,1-3H3/t7-,8+/m1/s1. The van der Waals surface area contributed by atoms with E-state index in [0.717, 1.165) is 13.0 Å². The van der Waals surface area contributed by atoms with Crippen LogP contribution in [0, 0.1) is 11.8 Å². The number of carbonyl (C=O) groups excluding carboxylic acids is 1. The first-order valence-corrected chi connectivity index (χ1v) is 4.48. The highest BCUT2D eigenvalue weighted by atomic mass is 16.5. The average Bonchev–Trinajstić information content (AvgIpc) is 2.50. The predicted octanol–water partition coefficient (Wildman–Crippen LogP) is 0.793. The van der Waals surface area contributed by atoms with Gasteiger partial charge in [-0.3, -0.25) is 4.79 Å². The molecule has 12 heavy (non-hydrogen) atoms. The maximum atomic E-state index is 11.2. The van der Waals surface area contributed by atoms with Crippen molar-refractivity contribution >= 4 is 5.97 Å². The van der Waals surface area contributed by atoms with Gasteiger partial charge >= 0.3 is 5.97 Å². The second-order valence-corrected chi connectivity index (χ2v) is 3.65. The molecule has 70 valence electrons. The first kappa shape index (κ1) is 9.52. The summed E-state index contributed by atoms with van der Waals surface area (Å²) in [6.45, 7) is 5.23. The molecule has 0 aromatic heterocycles. The van der Waals surface area contributed by atoms with Crippen LogP contribution in [0.15, 0.2) is 0 Å². The number of hydrogen-bond donors (Lipinski definition) is 1. The summed E-state index contributed by atoms with van der Waals surface area (Å²) in [5, 5.41) is 3.16. The van der Waals surface area contributed by atoms with Gasteiger partial charge < -0.3 is 10.1 Å². The van der Waals surface area contributed by atoms with E-state index in [0.29, 0.717) is 11.8 Å². The van der Waals surface area contributed by atoms with Gasteiger partial charge in [0.05, 0.1) is 7.11 Å². The number of carbonyl (C=O) groups is 1. The Labute approximate surface area is 73.5 Å². The molecule has 0 aromatic carbocycles. The predicted molar refractivity (Wildman–Crippen MR) is 46.8 cm³/mol. The maximum Gasteiger partial charge on any atom is 0.323 e. The van der Waals surface area contributed by atoms with E-state index in [-0.39, 0.29) is 12.0 Å². The minimum Gasteiger partial charge on any atom is -0.468 e. The number of methoxy groups -OCH3 is 1. The summed E-state index contributed by atoms with van der Waals surface area (Å²) in [5.74, 6) is 0.868. The number of hydrogen-bond acceptors (Lipinski definition) is 3. The van der Waals surface area contributed by atoms with E-state index < -0.39 is 0 Å². The molecule has 3 nitrogen and oxygen atoms in total. The minimum absolute atomic E-state index is 0.0741. The first-order valence-electron chi connectivity index (χ1n) is 4.48. The van der Waals surface area contributed by atoms with Gasteiger partial charge in [-0.05, 0) is 24.8 Å². The normalized spacial score (nSPS) is 29.3. The molecule has 0 aromatic rings. The lowest BCUT2D eigenvalue weighted by Gasteiger charge is -2.20. The van der Waals surface area contributed by atoms with Crippen LogP contribution in [0.1, 0.15) is 20.3 Å². The molecule has 1 aliphatic heterocycles. The summed E-state index contributed by atoms with van der Waals surface area (Å²) in [5.41, 5.74) is 0. The second kappa shape index (κ2) is 3.90. The topological polar surface area (TPSA) is 38.3 Å². The number of rotatable bonds is 2. The van der Waals surface area contributed by atoms with Crippen LogP contribution in [-0.2, 0) is 9.53 Å². The van der Waals surface area contributed by atoms with Crippen LogP contribution in [0.2, 0.25) is 0 Å². The molecule has 1 heterocycles. The van der Waals surface area contributed by atoms with Crippen LogP contribution in [0.4, 0.5) is 0 Å².